The van der Waals surface area contributed by atoms with Gasteiger partial charge in [0.2, 0.25) is 5.13 Å². The lowest BCUT2D eigenvalue weighted by Gasteiger charge is -1.94. The Kier molecular flexibility index (Phi) is 3.40. The molecular formula is C10H14N5S+. The van der Waals surface area contributed by atoms with Crippen LogP contribution in [0.3, 0.4) is 0 Å². The van der Waals surface area contributed by atoms with Gasteiger partial charge in [-0.2, -0.15) is 0 Å². The molecule has 2 heterocycles. The fraction of sp³-hybridized carbons (Fsp3) is 0.400. The predicted molar refractivity (Wildman–Crippen MR) is 62.7 cm³/mol. The smallest absolute Gasteiger partial charge is 0.203 e. The van der Waals surface area contributed by atoms with Gasteiger partial charge in [-0.1, -0.05) is 29.4 Å². The molecule has 2 rings (SSSR count). The molecule has 0 saturated heterocycles. The van der Waals surface area contributed by atoms with Crippen molar-refractivity contribution in [2.75, 3.05) is 5.73 Å². The Bertz CT molecular complexity index is 450. The van der Waals surface area contributed by atoms with Crippen LogP contribution in [-0.2, 0) is 6.54 Å². The Morgan fingerprint density at radius 2 is 2.31 bits per heavy atom. The minimum atomic E-state index is 0.484. The first-order valence-corrected chi connectivity index (χ1v) is 6.06. The molecule has 0 amide bonds. The first-order valence-electron chi connectivity index (χ1n) is 5.24. The van der Waals surface area contributed by atoms with Gasteiger partial charge in [0.1, 0.15) is 6.20 Å². The molecule has 0 radical (unpaired) electrons. The molecule has 6 heteroatoms. The molecule has 0 saturated carbocycles. The molecule has 0 spiro atoms. The molecule has 0 unspecified atom stereocenters. The van der Waals surface area contributed by atoms with Gasteiger partial charge in [0, 0.05) is 18.1 Å². The molecule has 84 valence electrons. The Morgan fingerprint density at radius 1 is 1.44 bits per heavy atom. The van der Waals surface area contributed by atoms with Crippen LogP contribution >= 0.6 is 11.3 Å². The van der Waals surface area contributed by atoms with Crippen LogP contribution in [-0.4, -0.2) is 15.3 Å². The van der Waals surface area contributed by atoms with Crippen molar-refractivity contribution in [1.29, 1.82) is 0 Å². The lowest BCUT2D eigenvalue weighted by Crippen LogP contribution is -2.37. The van der Waals surface area contributed by atoms with Gasteiger partial charge in [-0.05, 0) is 5.10 Å². The minimum absolute atomic E-state index is 0.484. The fourth-order valence-corrected chi connectivity index (χ4v) is 1.91. The van der Waals surface area contributed by atoms with Crippen molar-refractivity contribution >= 4 is 16.5 Å². The highest BCUT2D eigenvalue weighted by molar-refractivity contribution is 7.18. The average molecular weight is 236 g/mol. The van der Waals surface area contributed by atoms with E-state index in [0.29, 0.717) is 5.13 Å². The van der Waals surface area contributed by atoms with E-state index in [9.17, 15) is 0 Å². The van der Waals surface area contributed by atoms with Crippen LogP contribution in [0.25, 0.3) is 10.6 Å². The second kappa shape index (κ2) is 4.98. The van der Waals surface area contributed by atoms with Gasteiger partial charge in [-0.3, -0.25) is 0 Å². The van der Waals surface area contributed by atoms with Crippen LogP contribution in [0, 0.1) is 0 Å². The number of aryl methyl sites for hydroxylation is 1. The second-order valence-electron chi connectivity index (χ2n) is 3.48. The van der Waals surface area contributed by atoms with Gasteiger partial charge in [0.25, 0.3) is 0 Å². The largest absolute Gasteiger partial charge is 0.374 e. The number of unbranched alkanes of at least 4 members (excludes halogenated alkanes) is 1. The molecule has 0 aliphatic heterocycles. The first-order chi connectivity index (χ1) is 7.79. The van der Waals surface area contributed by atoms with Crippen molar-refractivity contribution in [2.24, 2.45) is 0 Å². The van der Waals surface area contributed by atoms with Crippen molar-refractivity contribution in [3.8, 4) is 10.6 Å². The summed E-state index contributed by atoms with van der Waals surface area (Å²) in [5.74, 6) is 0. The maximum atomic E-state index is 5.53. The molecule has 2 aromatic heterocycles. The minimum Gasteiger partial charge on any atom is -0.374 e. The third-order valence-corrected chi connectivity index (χ3v) is 3.00. The summed E-state index contributed by atoms with van der Waals surface area (Å²) >= 11 is 1.37. The lowest BCUT2D eigenvalue weighted by molar-refractivity contribution is -0.754. The van der Waals surface area contributed by atoms with Crippen LogP contribution < -0.4 is 10.4 Å². The van der Waals surface area contributed by atoms with Crippen molar-refractivity contribution in [3.05, 3.63) is 18.5 Å². The van der Waals surface area contributed by atoms with E-state index in [-0.39, 0.29) is 0 Å². The number of nitrogens with two attached hydrogens (primary N) is 1. The number of rotatable bonds is 4. The van der Waals surface area contributed by atoms with Gasteiger partial charge in [0.15, 0.2) is 17.7 Å². The summed E-state index contributed by atoms with van der Waals surface area (Å²) in [5.41, 5.74) is 6.49. The zero-order chi connectivity index (χ0) is 11.4. The molecule has 5 nitrogen and oxygen atoms in total. The van der Waals surface area contributed by atoms with E-state index in [4.69, 9.17) is 5.73 Å². The highest BCUT2D eigenvalue weighted by atomic mass is 32.1. The summed E-state index contributed by atoms with van der Waals surface area (Å²) in [7, 11) is 0. The number of hydrogen-bond acceptors (Lipinski definition) is 5. The third-order valence-electron chi connectivity index (χ3n) is 2.20. The van der Waals surface area contributed by atoms with Gasteiger partial charge < -0.3 is 5.73 Å². The maximum absolute atomic E-state index is 5.53. The lowest BCUT2D eigenvalue weighted by atomic mass is 10.3. The summed E-state index contributed by atoms with van der Waals surface area (Å²) in [6, 6.07) is 1.99. The maximum Gasteiger partial charge on any atom is 0.203 e. The zero-order valence-electron chi connectivity index (χ0n) is 9.13. The molecule has 0 aliphatic carbocycles. The Balaban J connectivity index is 2.13. The Hall–Kier alpha value is -1.56. The van der Waals surface area contributed by atoms with E-state index in [1.165, 1.54) is 17.8 Å². The zero-order valence-corrected chi connectivity index (χ0v) is 9.94. The summed E-state index contributed by atoms with van der Waals surface area (Å²) in [6.07, 6.45) is 6.07. The predicted octanol–water partition coefficient (Wildman–Crippen LogP) is 1.27. The number of nitrogens with zero attached hydrogens (tertiary/aromatic N) is 4. The average Bonchev–Trinajstić information content (AvgIpc) is 2.74. The van der Waals surface area contributed by atoms with E-state index in [0.717, 1.165) is 23.5 Å². The third kappa shape index (κ3) is 2.52. The van der Waals surface area contributed by atoms with Crippen LogP contribution in [0.1, 0.15) is 19.8 Å². The van der Waals surface area contributed by atoms with E-state index < -0.39 is 0 Å². The van der Waals surface area contributed by atoms with E-state index in [1.54, 1.807) is 6.20 Å². The topological polar surface area (TPSA) is 68.6 Å². The van der Waals surface area contributed by atoms with Gasteiger partial charge in [-0.15, -0.1) is 10.2 Å². The molecule has 0 fully saturated rings. The fourth-order valence-electron chi connectivity index (χ4n) is 1.31. The van der Waals surface area contributed by atoms with Crippen LogP contribution in [0.15, 0.2) is 18.5 Å². The highest BCUT2D eigenvalue weighted by Crippen LogP contribution is 2.22. The molecule has 0 aromatic carbocycles. The second-order valence-corrected chi connectivity index (χ2v) is 4.49. The number of aromatic nitrogens is 4. The van der Waals surface area contributed by atoms with Crippen molar-refractivity contribution in [1.82, 2.24) is 15.3 Å². The van der Waals surface area contributed by atoms with Gasteiger partial charge in [-0.25, -0.2) is 0 Å². The molecule has 0 atom stereocenters. The summed E-state index contributed by atoms with van der Waals surface area (Å²) in [6.45, 7) is 3.12. The molecule has 2 aromatic rings. The van der Waals surface area contributed by atoms with Crippen LogP contribution in [0.4, 0.5) is 5.13 Å². The Morgan fingerprint density at radius 3 is 2.88 bits per heavy atom. The monoisotopic (exact) mass is 236 g/mol. The van der Waals surface area contributed by atoms with Crippen molar-refractivity contribution in [2.45, 2.75) is 26.3 Å². The molecule has 0 bridgehead atoms. The SMILES string of the molecule is CCCC[n+]1ccc(-c2nnc(N)s2)cn1. The number of hydrogen-bond donors (Lipinski definition) is 1. The molecular weight excluding hydrogens is 222 g/mol. The summed E-state index contributed by atoms with van der Waals surface area (Å²) < 4.78 is 1.93. The number of nitrogen functional groups attached to an aromatic ring is 1. The molecule has 0 aliphatic rings. The standard InChI is InChI=1S/C10H13N5S/c1-2-3-5-15-6-4-8(7-12-15)9-13-14-10(11)16-9/h4,6-7,11H,2-3,5H2,1H3/p+1. The van der Waals surface area contributed by atoms with Crippen LogP contribution in [0.2, 0.25) is 0 Å². The quantitative estimate of drug-likeness (QED) is 0.812. The molecule has 16 heavy (non-hydrogen) atoms. The highest BCUT2D eigenvalue weighted by Gasteiger charge is 2.07. The normalized spacial score (nSPS) is 10.6. The van der Waals surface area contributed by atoms with Crippen molar-refractivity contribution in [3.63, 3.8) is 0 Å². The Labute approximate surface area is 98.0 Å². The van der Waals surface area contributed by atoms with Crippen LogP contribution in [0.5, 0.6) is 0 Å². The van der Waals surface area contributed by atoms with Crippen molar-refractivity contribution < 1.29 is 4.68 Å². The van der Waals surface area contributed by atoms with E-state index in [1.807, 2.05) is 16.9 Å². The van der Waals surface area contributed by atoms with E-state index in [2.05, 4.69) is 22.2 Å². The van der Waals surface area contributed by atoms with Gasteiger partial charge >= 0.3 is 0 Å². The molecule has 2 N–H and O–H groups in total. The van der Waals surface area contributed by atoms with Gasteiger partial charge in [0.05, 0.1) is 0 Å². The summed E-state index contributed by atoms with van der Waals surface area (Å²) in [4.78, 5) is 0. The number of anilines is 1. The van der Waals surface area contributed by atoms with E-state index >= 15 is 0 Å². The first kappa shape index (κ1) is 10.9. The summed E-state index contributed by atoms with van der Waals surface area (Å²) in [5, 5.41) is 13.4.